The van der Waals surface area contributed by atoms with Crippen molar-refractivity contribution in [1.82, 2.24) is 15.3 Å². The second kappa shape index (κ2) is 4.94. The van der Waals surface area contributed by atoms with Crippen LogP contribution in [0.4, 0.5) is 0 Å². The molecule has 1 amide bonds. The molecule has 0 aromatic rings. The number of hydrogen-bond donors (Lipinski definition) is 1. The molecule has 0 saturated carbocycles. The lowest BCUT2D eigenvalue weighted by molar-refractivity contribution is -0.139. The summed E-state index contributed by atoms with van der Waals surface area (Å²) in [6, 6.07) is 0.0622. The van der Waals surface area contributed by atoms with Crippen molar-refractivity contribution in [1.29, 1.82) is 0 Å². The van der Waals surface area contributed by atoms with Crippen molar-refractivity contribution < 1.29 is 4.79 Å². The molecule has 17 heavy (non-hydrogen) atoms. The lowest BCUT2D eigenvalue weighted by Gasteiger charge is -2.43. The van der Waals surface area contributed by atoms with Crippen molar-refractivity contribution in [3.63, 3.8) is 0 Å². The average Bonchev–Trinajstić information content (AvgIpc) is 2.38. The van der Waals surface area contributed by atoms with Gasteiger partial charge in [0.15, 0.2) is 0 Å². The van der Waals surface area contributed by atoms with Crippen molar-refractivity contribution in [2.45, 2.75) is 44.6 Å². The first-order valence-corrected chi connectivity index (χ1v) is 7.13. The number of rotatable bonds is 1. The topological polar surface area (TPSA) is 35.6 Å². The number of hydrazine groups is 1. The summed E-state index contributed by atoms with van der Waals surface area (Å²) >= 11 is 0. The quantitative estimate of drug-likeness (QED) is 0.738. The molecule has 0 aromatic carbocycles. The molecular formula is C13H23N3O. The van der Waals surface area contributed by atoms with Crippen molar-refractivity contribution >= 4 is 5.91 Å². The Morgan fingerprint density at radius 1 is 1.06 bits per heavy atom. The summed E-state index contributed by atoms with van der Waals surface area (Å²) < 4.78 is 0. The summed E-state index contributed by atoms with van der Waals surface area (Å²) in [5.74, 6) is 1.09. The van der Waals surface area contributed by atoms with Gasteiger partial charge < -0.3 is 4.90 Å². The van der Waals surface area contributed by atoms with Crippen LogP contribution in [0.1, 0.15) is 38.5 Å². The number of carbonyl (C=O) groups excluding carboxylic acids is 1. The van der Waals surface area contributed by atoms with Crippen molar-refractivity contribution in [2.24, 2.45) is 5.92 Å². The Labute approximate surface area is 103 Å². The maximum atomic E-state index is 12.4. The molecule has 3 saturated heterocycles. The Morgan fingerprint density at radius 3 is 2.65 bits per heavy atom. The predicted molar refractivity (Wildman–Crippen MR) is 66.3 cm³/mol. The van der Waals surface area contributed by atoms with E-state index in [1.54, 1.807) is 0 Å². The second-order valence-corrected chi connectivity index (χ2v) is 5.76. The fourth-order valence-electron chi connectivity index (χ4n) is 3.47. The molecule has 4 nitrogen and oxygen atoms in total. The van der Waals surface area contributed by atoms with E-state index in [-0.39, 0.29) is 6.04 Å². The number of hydrogen-bond acceptors (Lipinski definition) is 3. The standard InChI is InChI=1S/C13H23N3O/c17-13(15-6-2-1-3-7-15)12-9-11-5-4-8-16(10-11)14-12/h11-12,14H,1-10H2. The number of fused-ring (bicyclic) bond motifs is 2. The number of likely N-dealkylation sites (tertiary alicyclic amines) is 1. The first kappa shape index (κ1) is 11.5. The largest absolute Gasteiger partial charge is 0.341 e. The van der Waals surface area contributed by atoms with E-state index in [1.165, 1.54) is 32.1 Å². The van der Waals surface area contributed by atoms with Gasteiger partial charge in [-0.2, -0.15) is 0 Å². The normalized spacial score (nSPS) is 37.9. The highest BCUT2D eigenvalue weighted by Gasteiger charge is 2.35. The number of nitrogens with one attached hydrogen (secondary N) is 1. The van der Waals surface area contributed by atoms with Crippen LogP contribution in [-0.4, -0.2) is 48.0 Å². The van der Waals surface area contributed by atoms with Gasteiger partial charge in [-0.25, -0.2) is 10.4 Å². The zero-order valence-electron chi connectivity index (χ0n) is 10.5. The highest BCUT2D eigenvalue weighted by Crippen LogP contribution is 2.25. The third kappa shape index (κ3) is 2.47. The van der Waals surface area contributed by atoms with E-state index in [4.69, 9.17) is 0 Å². The van der Waals surface area contributed by atoms with Crippen molar-refractivity contribution in [3.05, 3.63) is 0 Å². The summed E-state index contributed by atoms with van der Waals surface area (Å²) in [6.45, 7) is 4.20. The van der Waals surface area contributed by atoms with Gasteiger partial charge in [0.2, 0.25) is 5.91 Å². The first-order chi connectivity index (χ1) is 8.33. The Hall–Kier alpha value is -0.610. The van der Waals surface area contributed by atoms with Gasteiger partial charge in [0.05, 0.1) is 0 Å². The van der Waals surface area contributed by atoms with E-state index >= 15 is 0 Å². The SMILES string of the molecule is O=C(C1CC2CCCN(C2)N1)N1CCCCC1. The molecule has 3 rings (SSSR count). The van der Waals surface area contributed by atoms with Crippen LogP contribution in [0.5, 0.6) is 0 Å². The van der Waals surface area contributed by atoms with Crippen LogP contribution in [0.25, 0.3) is 0 Å². The molecule has 0 spiro atoms. The van der Waals surface area contributed by atoms with E-state index in [0.29, 0.717) is 5.91 Å². The Morgan fingerprint density at radius 2 is 1.88 bits per heavy atom. The van der Waals surface area contributed by atoms with Crippen LogP contribution < -0.4 is 5.43 Å². The maximum absolute atomic E-state index is 12.4. The molecule has 2 bridgehead atoms. The fourth-order valence-corrected chi connectivity index (χ4v) is 3.47. The minimum absolute atomic E-state index is 0.0622. The highest BCUT2D eigenvalue weighted by atomic mass is 16.2. The monoisotopic (exact) mass is 237 g/mol. The van der Waals surface area contributed by atoms with E-state index in [9.17, 15) is 4.79 Å². The number of piperidine rings is 2. The lowest BCUT2D eigenvalue weighted by Crippen LogP contribution is -2.60. The van der Waals surface area contributed by atoms with Crippen LogP contribution in [0.15, 0.2) is 0 Å². The minimum atomic E-state index is 0.0622. The number of nitrogens with zero attached hydrogens (tertiary/aromatic N) is 2. The van der Waals surface area contributed by atoms with Crippen molar-refractivity contribution in [3.8, 4) is 0 Å². The fraction of sp³-hybridized carbons (Fsp3) is 0.923. The Bertz CT molecular complexity index is 276. The molecular weight excluding hydrogens is 214 g/mol. The van der Waals surface area contributed by atoms with Gasteiger partial charge in [-0.05, 0) is 44.4 Å². The van der Waals surface area contributed by atoms with E-state index in [0.717, 1.165) is 38.5 Å². The summed E-state index contributed by atoms with van der Waals surface area (Å²) in [5, 5.41) is 2.27. The van der Waals surface area contributed by atoms with Gasteiger partial charge in [0, 0.05) is 26.2 Å². The molecule has 3 unspecified atom stereocenters. The van der Waals surface area contributed by atoms with Gasteiger partial charge in [-0.15, -0.1) is 0 Å². The molecule has 3 aliphatic heterocycles. The summed E-state index contributed by atoms with van der Waals surface area (Å²) in [5.41, 5.74) is 3.42. The summed E-state index contributed by atoms with van der Waals surface area (Å²) in [6.07, 6.45) is 7.30. The molecule has 96 valence electrons. The van der Waals surface area contributed by atoms with Gasteiger partial charge in [0.1, 0.15) is 6.04 Å². The van der Waals surface area contributed by atoms with Crippen molar-refractivity contribution in [2.75, 3.05) is 26.2 Å². The van der Waals surface area contributed by atoms with Crippen LogP contribution in [0.2, 0.25) is 0 Å². The Balaban J connectivity index is 1.61. The number of carbonyl (C=O) groups is 1. The molecule has 0 radical (unpaired) electrons. The second-order valence-electron chi connectivity index (χ2n) is 5.76. The molecule has 3 atom stereocenters. The van der Waals surface area contributed by atoms with Crippen LogP contribution in [0.3, 0.4) is 0 Å². The zero-order valence-corrected chi connectivity index (χ0v) is 10.5. The molecule has 1 N–H and O–H groups in total. The summed E-state index contributed by atoms with van der Waals surface area (Å²) in [4.78, 5) is 14.5. The molecule has 3 aliphatic rings. The third-order valence-corrected chi connectivity index (χ3v) is 4.39. The molecule has 0 aliphatic carbocycles. The minimum Gasteiger partial charge on any atom is -0.341 e. The third-order valence-electron chi connectivity index (χ3n) is 4.39. The predicted octanol–water partition coefficient (Wildman–Crippen LogP) is 0.988. The van der Waals surface area contributed by atoms with Crippen LogP contribution in [0, 0.1) is 5.92 Å². The smallest absolute Gasteiger partial charge is 0.241 e. The molecule has 3 fully saturated rings. The van der Waals surface area contributed by atoms with E-state index in [2.05, 4.69) is 15.3 Å². The Kier molecular flexibility index (Phi) is 3.34. The number of amides is 1. The molecule has 3 heterocycles. The average molecular weight is 237 g/mol. The van der Waals surface area contributed by atoms with Crippen LogP contribution >= 0.6 is 0 Å². The van der Waals surface area contributed by atoms with Gasteiger partial charge in [-0.3, -0.25) is 4.79 Å². The lowest BCUT2D eigenvalue weighted by atomic mass is 9.89. The highest BCUT2D eigenvalue weighted by molar-refractivity contribution is 5.82. The van der Waals surface area contributed by atoms with E-state index < -0.39 is 0 Å². The zero-order chi connectivity index (χ0) is 11.7. The van der Waals surface area contributed by atoms with E-state index in [1.807, 2.05) is 0 Å². The van der Waals surface area contributed by atoms with Gasteiger partial charge in [-0.1, -0.05) is 0 Å². The van der Waals surface area contributed by atoms with Crippen LogP contribution in [-0.2, 0) is 4.79 Å². The maximum Gasteiger partial charge on any atom is 0.241 e. The summed E-state index contributed by atoms with van der Waals surface area (Å²) in [7, 11) is 0. The first-order valence-electron chi connectivity index (χ1n) is 7.13. The van der Waals surface area contributed by atoms with Gasteiger partial charge in [0.25, 0.3) is 0 Å². The molecule has 4 heteroatoms. The van der Waals surface area contributed by atoms with Gasteiger partial charge >= 0.3 is 0 Å². The molecule has 0 aromatic heterocycles.